The van der Waals surface area contributed by atoms with Crippen molar-refractivity contribution in [2.24, 2.45) is 5.92 Å². The molecular formula is C23H38N2O3. The zero-order valence-electron chi connectivity index (χ0n) is 18.6. The SMILES string of the molecule is CCOC(=O)NC1CC(C)(CC)N(OC(C)c2ccccc2)C(C)(CC)C1C. The van der Waals surface area contributed by atoms with Gasteiger partial charge in [0.2, 0.25) is 0 Å². The van der Waals surface area contributed by atoms with Crippen molar-refractivity contribution in [3.05, 3.63) is 35.9 Å². The van der Waals surface area contributed by atoms with Crippen LogP contribution in [0.5, 0.6) is 0 Å². The largest absolute Gasteiger partial charge is 0.450 e. The molecule has 158 valence electrons. The summed E-state index contributed by atoms with van der Waals surface area (Å²) < 4.78 is 5.15. The molecule has 0 aromatic heterocycles. The van der Waals surface area contributed by atoms with Gasteiger partial charge in [-0.15, -0.1) is 0 Å². The standard InChI is InChI=1S/C23H38N2O3/c1-8-22(6)16-20(24-21(26)27-10-3)17(4)23(7,9-2)25(22)28-18(5)19-14-12-11-13-15-19/h11-15,17-18,20H,8-10,16H2,1-7H3,(H,24,26). The third-order valence-electron chi connectivity index (χ3n) is 6.79. The van der Waals surface area contributed by atoms with E-state index in [4.69, 9.17) is 9.57 Å². The highest BCUT2D eigenvalue weighted by Gasteiger charge is 2.54. The Morgan fingerprint density at radius 1 is 1.21 bits per heavy atom. The second kappa shape index (κ2) is 9.27. The summed E-state index contributed by atoms with van der Waals surface area (Å²) in [4.78, 5) is 18.8. The molecule has 0 radical (unpaired) electrons. The van der Waals surface area contributed by atoms with Crippen LogP contribution < -0.4 is 5.32 Å². The molecule has 1 aliphatic rings. The van der Waals surface area contributed by atoms with Gasteiger partial charge in [0.15, 0.2) is 0 Å². The first-order valence-electron chi connectivity index (χ1n) is 10.7. The lowest BCUT2D eigenvalue weighted by Crippen LogP contribution is -2.70. The van der Waals surface area contributed by atoms with E-state index in [2.05, 4.69) is 64.1 Å². The minimum atomic E-state index is -0.330. The Kier molecular flexibility index (Phi) is 7.52. The average Bonchev–Trinajstić information content (AvgIpc) is 2.70. The number of ether oxygens (including phenoxy) is 1. The number of amides is 1. The Morgan fingerprint density at radius 3 is 2.39 bits per heavy atom. The van der Waals surface area contributed by atoms with Gasteiger partial charge in [0.25, 0.3) is 0 Å². The maximum absolute atomic E-state index is 12.1. The van der Waals surface area contributed by atoms with E-state index in [9.17, 15) is 4.79 Å². The summed E-state index contributed by atoms with van der Waals surface area (Å²) in [7, 11) is 0. The van der Waals surface area contributed by atoms with Gasteiger partial charge in [-0.05, 0) is 58.4 Å². The number of hydrogen-bond donors (Lipinski definition) is 1. The van der Waals surface area contributed by atoms with Crippen molar-refractivity contribution in [2.75, 3.05) is 6.61 Å². The highest BCUT2D eigenvalue weighted by molar-refractivity contribution is 5.67. The number of hydroxylamine groups is 2. The van der Waals surface area contributed by atoms with Gasteiger partial charge >= 0.3 is 6.09 Å². The molecule has 2 rings (SSSR count). The molecule has 1 amide bonds. The lowest BCUT2D eigenvalue weighted by molar-refractivity contribution is -0.327. The van der Waals surface area contributed by atoms with Crippen molar-refractivity contribution in [1.82, 2.24) is 10.4 Å². The molecule has 0 aliphatic carbocycles. The Bertz CT molecular complexity index is 638. The summed E-state index contributed by atoms with van der Waals surface area (Å²) >= 11 is 0. The number of carbonyl (C=O) groups is 1. The van der Waals surface area contributed by atoms with Gasteiger partial charge in [0, 0.05) is 17.1 Å². The highest BCUT2D eigenvalue weighted by Crippen LogP contribution is 2.47. The van der Waals surface area contributed by atoms with Gasteiger partial charge < -0.3 is 10.1 Å². The van der Waals surface area contributed by atoms with Gasteiger partial charge in [-0.25, -0.2) is 4.79 Å². The van der Waals surface area contributed by atoms with E-state index in [1.54, 1.807) is 0 Å². The summed E-state index contributed by atoms with van der Waals surface area (Å²) in [6.07, 6.45) is 2.30. The van der Waals surface area contributed by atoms with E-state index in [-0.39, 0.29) is 35.2 Å². The molecular weight excluding hydrogens is 352 g/mol. The first kappa shape index (κ1) is 22.7. The molecule has 5 unspecified atom stereocenters. The van der Waals surface area contributed by atoms with Gasteiger partial charge in [-0.3, -0.25) is 4.84 Å². The van der Waals surface area contributed by atoms with Gasteiger partial charge in [-0.1, -0.05) is 51.1 Å². The maximum atomic E-state index is 12.1. The quantitative estimate of drug-likeness (QED) is 0.670. The molecule has 0 bridgehead atoms. The number of hydrogen-bond acceptors (Lipinski definition) is 4. The van der Waals surface area contributed by atoms with Gasteiger partial charge in [-0.2, -0.15) is 5.06 Å². The van der Waals surface area contributed by atoms with E-state index >= 15 is 0 Å². The maximum Gasteiger partial charge on any atom is 0.407 e. The molecule has 0 saturated carbocycles. The predicted octanol–water partition coefficient (Wildman–Crippen LogP) is 5.47. The van der Waals surface area contributed by atoms with Crippen LogP contribution in [0.1, 0.15) is 79.4 Å². The predicted molar refractivity (Wildman–Crippen MR) is 113 cm³/mol. The number of rotatable bonds is 7. The number of carbonyl (C=O) groups excluding carboxylic acids is 1. The third-order valence-corrected chi connectivity index (χ3v) is 6.79. The Morgan fingerprint density at radius 2 is 1.86 bits per heavy atom. The van der Waals surface area contributed by atoms with Crippen molar-refractivity contribution in [3.8, 4) is 0 Å². The number of alkyl carbamates (subject to hydrolysis) is 1. The van der Waals surface area contributed by atoms with Crippen LogP contribution in [0.3, 0.4) is 0 Å². The first-order valence-corrected chi connectivity index (χ1v) is 10.7. The Balaban J connectivity index is 2.31. The van der Waals surface area contributed by atoms with E-state index in [0.29, 0.717) is 6.61 Å². The lowest BCUT2D eigenvalue weighted by Gasteiger charge is -2.59. The van der Waals surface area contributed by atoms with Crippen LogP contribution in [-0.2, 0) is 9.57 Å². The molecule has 1 saturated heterocycles. The summed E-state index contributed by atoms with van der Waals surface area (Å²) in [5.74, 6) is 0.213. The van der Waals surface area contributed by atoms with Crippen LogP contribution in [0, 0.1) is 5.92 Å². The number of nitrogens with one attached hydrogen (secondary N) is 1. The molecule has 1 N–H and O–H groups in total. The molecule has 1 fully saturated rings. The fraction of sp³-hybridized carbons (Fsp3) is 0.696. The Labute approximate surface area is 170 Å². The van der Waals surface area contributed by atoms with Crippen molar-refractivity contribution < 1.29 is 14.4 Å². The monoisotopic (exact) mass is 390 g/mol. The Hall–Kier alpha value is -1.59. The number of piperidine rings is 1. The summed E-state index contributed by atoms with van der Waals surface area (Å²) in [5.41, 5.74) is 0.763. The van der Waals surface area contributed by atoms with E-state index in [1.807, 2.05) is 25.1 Å². The van der Waals surface area contributed by atoms with Crippen LogP contribution in [0.2, 0.25) is 0 Å². The number of nitrogens with zero attached hydrogens (tertiary/aromatic N) is 1. The second-order valence-corrected chi connectivity index (χ2v) is 8.48. The molecule has 1 aromatic rings. The minimum absolute atomic E-state index is 0.0419. The summed E-state index contributed by atoms with van der Waals surface area (Å²) in [5, 5.41) is 5.35. The summed E-state index contributed by atoms with van der Waals surface area (Å²) in [6, 6.07) is 10.4. The average molecular weight is 391 g/mol. The van der Waals surface area contributed by atoms with Gasteiger partial charge in [0.1, 0.15) is 6.10 Å². The molecule has 0 spiro atoms. The number of benzene rings is 1. The van der Waals surface area contributed by atoms with Crippen molar-refractivity contribution in [3.63, 3.8) is 0 Å². The van der Waals surface area contributed by atoms with Crippen LogP contribution in [-0.4, -0.2) is 34.9 Å². The molecule has 1 aromatic carbocycles. The van der Waals surface area contributed by atoms with E-state index < -0.39 is 0 Å². The molecule has 28 heavy (non-hydrogen) atoms. The zero-order valence-corrected chi connectivity index (χ0v) is 18.6. The third kappa shape index (κ3) is 4.52. The van der Waals surface area contributed by atoms with Crippen molar-refractivity contribution in [1.29, 1.82) is 0 Å². The fourth-order valence-corrected chi connectivity index (χ4v) is 4.41. The van der Waals surface area contributed by atoms with E-state index in [0.717, 1.165) is 19.3 Å². The summed E-state index contributed by atoms with van der Waals surface area (Å²) in [6.45, 7) is 15.4. The minimum Gasteiger partial charge on any atom is -0.450 e. The van der Waals surface area contributed by atoms with Crippen molar-refractivity contribution in [2.45, 2.75) is 91.0 Å². The zero-order chi connectivity index (χ0) is 20.9. The smallest absolute Gasteiger partial charge is 0.407 e. The normalized spacial score (nSPS) is 32.0. The van der Waals surface area contributed by atoms with Crippen LogP contribution >= 0.6 is 0 Å². The van der Waals surface area contributed by atoms with Crippen LogP contribution in [0.15, 0.2) is 30.3 Å². The first-order chi connectivity index (χ1) is 13.2. The topological polar surface area (TPSA) is 50.8 Å². The molecule has 1 aliphatic heterocycles. The van der Waals surface area contributed by atoms with Gasteiger partial charge in [0.05, 0.1) is 6.61 Å². The fourth-order valence-electron chi connectivity index (χ4n) is 4.41. The van der Waals surface area contributed by atoms with Crippen LogP contribution in [0.25, 0.3) is 0 Å². The lowest BCUT2D eigenvalue weighted by atomic mass is 9.68. The van der Waals surface area contributed by atoms with Crippen LogP contribution in [0.4, 0.5) is 4.79 Å². The second-order valence-electron chi connectivity index (χ2n) is 8.48. The van der Waals surface area contributed by atoms with E-state index in [1.165, 1.54) is 5.56 Å². The molecule has 5 nitrogen and oxygen atoms in total. The van der Waals surface area contributed by atoms with Crippen molar-refractivity contribution >= 4 is 6.09 Å². The molecule has 5 heteroatoms. The molecule has 5 atom stereocenters. The molecule has 1 heterocycles. The highest BCUT2D eigenvalue weighted by atomic mass is 16.7.